The van der Waals surface area contributed by atoms with Gasteiger partial charge in [0.05, 0.1) is 6.61 Å². The molecule has 2 unspecified atom stereocenters. The first-order chi connectivity index (χ1) is 9.49. The smallest absolute Gasteiger partial charge is 0.147 e. The number of sulfone groups is 1. The number of hydrogen-bond donors (Lipinski definition) is 1. The highest BCUT2D eigenvalue weighted by atomic mass is 32.2. The van der Waals surface area contributed by atoms with E-state index in [9.17, 15) is 8.42 Å². The van der Waals surface area contributed by atoms with Gasteiger partial charge < -0.3 is 10.1 Å². The van der Waals surface area contributed by atoms with E-state index in [-0.39, 0.29) is 5.75 Å². The van der Waals surface area contributed by atoms with Crippen LogP contribution in [0.5, 0.6) is 5.75 Å². The number of nitrogens with one attached hydrogen (secondary N) is 1. The van der Waals surface area contributed by atoms with Crippen molar-refractivity contribution in [2.24, 2.45) is 5.92 Å². The van der Waals surface area contributed by atoms with Crippen molar-refractivity contribution in [2.75, 3.05) is 25.7 Å². The number of ether oxygens (including phenoxy) is 1. The van der Waals surface area contributed by atoms with E-state index >= 15 is 0 Å². The number of fused-ring (bicyclic) bond motifs is 1. The summed E-state index contributed by atoms with van der Waals surface area (Å²) in [5, 5.41) is 3.31. The Morgan fingerprint density at radius 3 is 2.85 bits per heavy atom. The Labute approximate surface area is 121 Å². The van der Waals surface area contributed by atoms with Gasteiger partial charge in [-0.1, -0.05) is 18.2 Å². The topological polar surface area (TPSA) is 55.4 Å². The molecule has 20 heavy (non-hydrogen) atoms. The highest BCUT2D eigenvalue weighted by Gasteiger charge is 2.26. The molecule has 0 aromatic heterocycles. The minimum absolute atomic E-state index is 0.259. The molecule has 0 fully saturated rings. The molecule has 1 heterocycles. The Kier molecular flexibility index (Phi) is 5.05. The van der Waals surface area contributed by atoms with Gasteiger partial charge in [0.2, 0.25) is 0 Å². The molecule has 0 radical (unpaired) electrons. The predicted octanol–water partition coefficient (Wildman–Crippen LogP) is 1.65. The van der Waals surface area contributed by atoms with Gasteiger partial charge in [0, 0.05) is 24.0 Å². The first-order valence-electron chi connectivity index (χ1n) is 7.05. The van der Waals surface area contributed by atoms with Crippen LogP contribution in [0, 0.1) is 5.92 Å². The van der Waals surface area contributed by atoms with E-state index < -0.39 is 9.84 Å². The van der Waals surface area contributed by atoms with E-state index in [0.29, 0.717) is 25.0 Å². The predicted molar refractivity (Wildman–Crippen MR) is 80.9 cm³/mol. The van der Waals surface area contributed by atoms with Crippen molar-refractivity contribution >= 4 is 9.84 Å². The zero-order chi connectivity index (χ0) is 14.6. The van der Waals surface area contributed by atoms with Gasteiger partial charge in [0.25, 0.3) is 0 Å². The highest BCUT2D eigenvalue weighted by Crippen LogP contribution is 2.29. The molecule has 112 valence electrons. The van der Waals surface area contributed by atoms with Crippen molar-refractivity contribution in [3.8, 4) is 5.75 Å². The Bertz CT molecular complexity index is 542. The summed E-state index contributed by atoms with van der Waals surface area (Å²) >= 11 is 0. The molecular weight excluding hydrogens is 274 g/mol. The fourth-order valence-corrected chi connectivity index (χ4v) is 3.48. The van der Waals surface area contributed by atoms with Gasteiger partial charge >= 0.3 is 0 Å². The van der Waals surface area contributed by atoms with E-state index in [0.717, 1.165) is 18.6 Å². The van der Waals surface area contributed by atoms with Crippen molar-refractivity contribution in [1.29, 1.82) is 0 Å². The van der Waals surface area contributed by atoms with Crippen molar-refractivity contribution in [3.63, 3.8) is 0 Å². The summed E-state index contributed by atoms with van der Waals surface area (Å²) in [5.74, 6) is 1.64. The van der Waals surface area contributed by atoms with Crippen molar-refractivity contribution in [1.82, 2.24) is 5.32 Å². The van der Waals surface area contributed by atoms with Crippen LogP contribution in [0.25, 0.3) is 0 Å². The van der Waals surface area contributed by atoms with E-state index in [2.05, 4.69) is 11.4 Å². The van der Waals surface area contributed by atoms with Crippen LogP contribution >= 0.6 is 0 Å². The van der Waals surface area contributed by atoms with Crippen LogP contribution in [0.1, 0.15) is 18.4 Å². The Balaban J connectivity index is 1.93. The van der Waals surface area contributed by atoms with Gasteiger partial charge in [-0.05, 0) is 37.9 Å². The second kappa shape index (κ2) is 6.59. The molecule has 0 saturated carbocycles. The zero-order valence-electron chi connectivity index (χ0n) is 12.1. The Hall–Kier alpha value is -1.07. The third-order valence-electron chi connectivity index (χ3n) is 3.88. The first-order valence-corrected chi connectivity index (χ1v) is 9.11. The number of rotatable bonds is 6. The zero-order valence-corrected chi connectivity index (χ0v) is 12.9. The van der Waals surface area contributed by atoms with E-state index in [1.165, 1.54) is 11.8 Å². The number of benzene rings is 1. The maximum atomic E-state index is 11.2. The largest absolute Gasteiger partial charge is 0.493 e. The van der Waals surface area contributed by atoms with Crippen LogP contribution in [-0.2, 0) is 16.3 Å². The molecule has 0 amide bonds. The molecule has 5 heteroatoms. The third-order valence-corrected chi connectivity index (χ3v) is 4.91. The molecule has 1 N–H and O–H groups in total. The van der Waals surface area contributed by atoms with Crippen LogP contribution in [-0.4, -0.2) is 40.1 Å². The molecule has 1 aromatic carbocycles. The summed E-state index contributed by atoms with van der Waals surface area (Å²) in [5.41, 5.74) is 1.24. The lowest BCUT2D eigenvalue weighted by Gasteiger charge is -2.31. The second-order valence-corrected chi connectivity index (χ2v) is 7.81. The van der Waals surface area contributed by atoms with Gasteiger partial charge in [-0.3, -0.25) is 0 Å². The van der Waals surface area contributed by atoms with Crippen molar-refractivity contribution in [2.45, 2.75) is 25.3 Å². The lowest BCUT2D eigenvalue weighted by atomic mass is 9.88. The summed E-state index contributed by atoms with van der Waals surface area (Å²) in [4.78, 5) is 0. The summed E-state index contributed by atoms with van der Waals surface area (Å²) in [6.45, 7) is 0.696. The molecule has 0 saturated heterocycles. The monoisotopic (exact) mass is 297 g/mol. The van der Waals surface area contributed by atoms with Gasteiger partial charge in [-0.2, -0.15) is 0 Å². The van der Waals surface area contributed by atoms with Crippen LogP contribution in [0.2, 0.25) is 0 Å². The lowest BCUT2D eigenvalue weighted by Crippen LogP contribution is -2.40. The van der Waals surface area contributed by atoms with Gasteiger partial charge in [0.1, 0.15) is 15.6 Å². The average Bonchev–Trinajstić information content (AvgIpc) is 2.42. The summed E-state index contributed by atoms with van der Waals surface area (Å²) in [6.07, 6.45) is 3.84. The third kappa shape index (κ3) is 4.21. The van der Waals surface area contributed by atoms with Crippen molar-refractivity contribution < 1.29 is 13.2 Å². The second-order valence-electron chi connectivity index (χ2n) is 5.55. The summed E-state index contributed by atoms with van der Waals surface area (Å²) < 4.78 is 28.2. The molecule has 0 spiro atoms. The van der Waals surface area contributed by atoms with Crippen molar-refractivity contribution in [3.05, 3.63) is 29.8 Å². The molecular formula is C15H23NO3S. The van der Waals surface area contributed by atoms with Gasteiger partial charge in [0.15, 0.2) is 0 Å². The normalized spacial score (nSPS) is 20.0. The number of para-hydroxylation sites is 1. The summed E-state index contributed by atoms with van der Waals surface area (Å²) in [7, 11) is -0.930. The van der Waals surface area contributed by atoms with Gasteiger partial charge in [-0.15, -0.1) is 0 Å². The molecule has 1 aromatic rings. The fraction of sp³-hybridized carbons (Fsp3) is 0.600. The molecule has 1 aliphatic heterocycles. The molecule has 2 atom stereocenters. The van der Waals surface area contributed by atoms with E-state index in [4.69, 9.17) is 4.74 Å². The Morgan fingerprint density at radius 1 is 1.40 bits per heavy atom. The Morgan fingerprint density at radius 2 is 2.15 bits per heavy atom. The fourth-order valence-electron chi connectivity index (χ4n) is 2.79. The molecule has 0 bridgehead atoms. The maximum Gasteiger partial charge on any atom is 0.147 e. The van der Waals surface area contributed by atoms with Crippen LogP contribution in [0.3, 0.4) is 0 Å². The molecule has 0 aliphatic carbocycles. The lowest BCUT2D eigenvalue weighted by molar-refractivity contribution is 0.183. The minimum Gasteiger partial charge on any atom is -0.493 e. The average molecular weight is 297 g/mol. The summed E-state index contributed by atoms with van der Waals surface area (Å²) in [6, 6.07) is 8.42. The molecule has 2 rings (SSSR count). The number of hydrogen-bond acceptors (Lipinski definition) is 4. The standard InChI is InChI=1S/C15H23NO3S/c1-16-14(7-5-9-20(2,17)18)13-10-12-6-3-4-8-15(12)19-11-13/h3-4,6,8,13-14,16H,5,7,9-11H2,1-2H3. The van der Waals surface area contributed by atoms with Crippen LogP contribution in [0.15, 0.2) is 24.3 Å². The minimum atomic E-state index is -2.87. The molecule has 1 aliphatic rings. The van der Waals surface area contributed by atoms with E-state index in [1.54, 1.807) is 0 Å². The first kappa shape index (κ1) is 15.3. The SMILES string of the molecule is CNC(CCCS(C)(=O)=O)C1COc2ccccc2C1. The highest BCUT2D eigenvalue weighted by molar-refractivity contribution is 7.90. The van der Waals surface area contributed by atoms with Crippen LogP contribution in [0.4, 0.5) is 0 Å². The maximum absolute atomic E-state index is 11.2. The van der Waals surface area contributed by atoms with E-state index in [1.807, 2.05) is 25.2 Å². The van der Waals surface area contributed by atoms with Crippen LogP contribution < -0.4 is 10.1 Å². The quantitative estimate of drug-likeness (QED) is 0.867. The van der Waals surface area contributed by atoms with Gasteiger partial charge in [-0.25, -0.2) is 8.42 Å². The molecule has 4 nitrogen and oxygen atoms in total.